The Labute approximate surface area is 126 Å². The second-order valence-electron chi connectivity index (χ2n) is 5.67. The lowest BCUT2D eigenvalue weighted by Gasteiger charge is -2.43. The Bertz CT molecular complexity index is 459. The third-order valence-corrected chi connectivity index (χ3v) is 4.21. The topological polar surface area (TPSA) is 44.8 Å². The first-order valence-corrected chi connectivity index (χ1v) is 7.57. The lowest BCUT2D eigenvalue weighted by molar-refractivity contribution is -0.246. The van der Waals surface area contributed by atoms with Crippen LogP contribution in [0.4, 0.5) is 0 Å². The Balaban J connectivity index is 2.18. The first kappa shape index (κ1) is 15.8. The predicted octanol–water partition coefficient (Wildman–Crippen LogP) is 3.40. The third kappa shape index (κ3) is 3.76. The van der Waals surface area contributed by atoms with E-state index in [2.05, 4.69) is 20.8 Å². The Morgan fingerprint density at radius 1 is 1.19 bits per heavy atom. The molecule has 1 aromatic carbocycles. The Morgan fingerprint density at radius 3 is 2.43 bits per heavy atom. The molecule has 1 aliphatic rings. The van der Waals surface area contributed by atoms with Crippen LogP contribution in [0.1, 0.15) is 34.1 Å². The van der Waals surface area contributed by atoms with Gasteiger partial charge in [0.25, 0.3) is 0 Å². The summed E-state index contributed by atoms with van der Waals surface area (Å²) < 4.78 is 17.4. The number of esters is 1. The third-order valence-electron chi connectivity index (χ3n) is 4.21. The molecule has 0 saturated carbocycles. The van der Waals surface area contributed by atoms with Gasteiger partial charge in [0, 0.05) is 12.8 Å². The summed E-state index contributed by atoms with van der Waals surface area (Å²) in [6.45, 7) is 7.74. The van der Waals surface area contributed by atoms with Gasteiger partial charge in [0.2, 0.25) is 6.29 Å². The van der Waals surface area contributed by atoms with Crippen LogP contribution in [-0.4, -0.2) is 24.5 Å². The number of carbonyl (C=O) groups excluding carboxylic acids is 1. The number of hydrogen-bond donors (Lipinski definition) is 0. The first-order chi connectivity index (χ1) is 10.0. The number of rotatable bonds is 4. The SMILES string of the molecule is CCC1O[C@H](Oc2ccccc2)C(OC(C)=O)[C@@H](C)[C@@H]1C. The highest BCUT2D eigenvalue weighted by Gasteiger charge is 2.44. The van der Waals surface area contributed by atoms with Crippen molar-refractivity contribution in [3.8, 4) is 5.75 Å². The molecule has 0 aromatic heterocycles. The molecule has 5 atom stereocenters. The van der Waals surface area contributed by atoms with Crippen LogP contribution in [0.25, 0.3) is 0 Å². The van der Waals surface area contributed by atoms with Gasteiger partial charge in [0.15, 0.2) is 6.10 Å². The summed E-state index contributed by atoms with van der Waals surface area (Å²) in [7, 11) is 0. The smallest absolute Gasteiger partial charge is 0.303 e. The molecule has 2 unspecified atom stereocenters. The van der Waals surface area contributed by atoms with Crippen LogP contribution < -0.4 is 4.74 Å². The minimum absolute atomic E-state index is 0.112. The molecular formula is C17H24O4. The molecule has 0 radical (unpaired) electrons. The molecule has 1 aromatic rings. The van der Waals surface area contributed by atoms with Crippen LogP contribution in [0.5, 0.6) is 5.75 Å². The van der Waals surface area contributed by atoms with Gasteiger partial charge in [0.05, 0.1) is 6.10 Å². The highest BCUT2D eigenvalue weighted by Crippen LogP contribution is 2.35. The Kier molecular flexibility index (Phi) is 5.23. The molecule has 1 aliphatic heterocycles. The van der Waals surface area contributed by atoms with Crippen molar-refractivity contribution in [2.45, 2.75) is 52.6 Å². The summed E-state index contributed by atoms with van der Waals surface area (Å²) in [5.41, 5.74) is 0. The van der Waals surface area contributed by atoms with Crippen molar-refractivity contribution < 1.29 is 19.0 Å². The maximum absolute atomic E-state index is 11.4. The van der Waals surface area contributed by atoms with Gasteiger partial charge in [-0.1, -0.05) is 39.0 Å². The quantitative estimate of drug-likeness (QED) is 0.798. The molecule has 1 heterocycles. The summed E-state index contributed by atoms with van der Waals surface area (Å²) in [6, 6.07) is 9.48. The van der Waals surface area contributed by atoms with Crippen molar-refractivity contribution in [1.82, 2.24) is 0 Å². The maximum Gasteiger partial charge on any atom is 0.303 e. The fourth-order valence-corrected chi connectivity index (χ4v) is 2.81. The summed E-state index contributed by atoms with van der Waals surface area (Å²) in [5, 5.41) is 0. The van der Waals surface area contributed by atoms with Crippen LogP contribution in [0.3, 0.4) is 0 Å². The largest absolute Gasteiger partial charge is 0.461 e. The predicted molar refractivity (Wildman–Crippen MR) is 79.9 cm³/mol. The number of benzene rings is 1. The van der Waals surface area contributed by atoms with Crippen LogP contribution in [0.15, 0.2) is 30.3 Å². The molecule has 0 aliphatic carbocycles. The van der Waals surface area contributed by atoms with E-state index >= 15 is 0 Å². The number of para-hydroxylation sites is 1. The first-order valence-electron chi connectivity index (χ1n) is 7.57. The zero-order valence-electron chi connectivity index (χ0n) is 13.1. The van der Waals surface area contributed by atoms with Gasteiger partial charge in [-0.2, -0.15) is 0 Å². The van der Waals surface area contributed by atoms with E-state index in [1.165, 1.54) is 6.92 Å². The monoisotopic (exact) mass is 292 g/mol. The average Bonchev–Trinajstić information content (AvgIpc) is 2.47. The van der Waals surface area contributed by atoms with E-state index in [0.29, 0.717) is 5.92 Å². The molecule has 0 bridgehead atoms. The fraction of sp³-hybridized carbons (Fsp3) is 0.588. The highest BCUT2D eigenvalue weighted by atomic mass is 16.7. The van der Waals surface area contributed by atoms with E-state index in [0.717, 1.165) is 12.2 Å². The van der Waals surface area contributed by atoms with E-state index in [-0.39, 0.29) is 24.1 Å². The van der Waals surface area contributed by atoms with Crippen LogP contribution >= 0.6 is 0 Å². The minimum Gasteiger partial charge on any atom is -0.461 e. The van der Waals surface area contributed by atoms with E-state index in [9.17, 15) is 4.79 Å². The number of hydrogen-bond acceptors (Lipinski definition) is 4. The van der Waals surface area contributed by atoms with Crippen molar-refractivity contribution in [1.29, 1.82) is 0 Å². The highest BCUT2D eigenvalue weighted by molar-refractivity contribution is 5.66. The Hall–Kier alpha value is -1.55. The maximum atomic E-state index is 11.4. The van der Waals surface area contributed by atoms with Gasteiger partial charge in [-0.3, -0.25) is 4.79 Å². The summed E-state index contributed by atoms with van der Waals surface area (Å²) in [5.74, 6) is 0.909. The van der Waals surface area contributed by atoms with Gasteiger partial charge in [-0.05, 0) is 24.5 Å². The van der Waals surface area contributed by atoms with E-state index < -0.39 is 6.29 Å². The minimum atomic E-state index is -0.563. The molecule has 1 fully saturated rings. The molecule has 0 N–H and O–H groups in total. The molecule has 4 heteroatoms. The summed E-state index contributed by atoms with van der Waals surface area (Å²) in [6.07, 6.45) is 0.0703. The van der Waals surface area contributed by atoms with Crippen molar-refractivity contribution >= 4 is 5.97 Å². The lowest BCUT2D eigenvalue weighted by atomic mass is 9.82. The standard InChI is InChI=1S/C17H24O4/c1-5-15-11(2)12(3)16(19-13(4)18)17(21-15)20-14-9-7-6-8-10-14/h6-12,15-17H,5H2,1-4H3/t11-,12-,15?,16?,17-/m0/s1. The normalized spacial score (nSPS) is 32.5. The second kappa shape index (κ2) is 6.94. The molecule has 116 valence electrons. The van der Waals surface area contributed by atoms with Crippen LogP contribution in [0.2, 0.25) is 0 Å². The van der Waals surface area contributed by atoms with E-state index in [1.54, 1.807) is 0 Å². The fourth-order valence-electron chi connectivity index (χ4n) is 2.81. The van der Waals surface area contributed by atoms with E-state index in [4.69, 9.17) is 14.2 Å². The second-order valence-corrected chi connectivity index (χ2v) is 5.67. The average molecular weight is 292 g/mol. The van der Waals surface area contributed by atoms with Crippen LogP contribution in [0, 0.1) is 11.8 Å². The molecule has 4 nitrogen and oxygen atoms in total. The molecule has 2 rings (SSSR count). The van der Waals surface area contributed by atoms with Gasteiger partial charge in [-0.15, -0.1) is 0 Å². The van der Waals surface area contributed by atoms with Crippen molar-refractivity contribution in [3.63, 3.8) is 0 Å². The van der Waals surface area contributed by atoms with E-state index in [1.807, 2.05) is 30.3 Å². The zero-order valence-corrected chi connectivity index (χ0v) is 13.1. The summed E-state index contributed by atoms with van der Waals surface area (Å²) >= 11 is 0. The molecule has 0 spiro atoms. The summed E-state index contributed by atoms with van der Waals surface area (Å²) in [4.78, 5) is 11.4. The molecule has 21 heavy (non-hydrogen) atoms. The Morgan fingerprint density at radius 2 is 1.86 bits per heavy atom. The number of ether oxygens (including phenoxy) is 3. The van der Waals surface area contributed by atoms with Crippen molar-refractivity contribution in [2.24, 2.45) is 11.8 Å². The molecule has 1 saturated heterocycles. The lowest BCUT2D eigenvalue weighted by Crippen LogP contribution is -2.53. The van der Waals surface area contributed by atoms with Gasteiger partial charge < -0.3 is 14.2 Å². The van der Waals surface area contributed by atoms with Gasteiger partial charge >= 0.3 is 5.97 Å². The van der Waals surface area contributed by atoms with Crippen molar-refractivity contribution in [3.05, 3.63) is 30.3 Å². The zero-order chi connectivity index (χ0) is 15.4. The van der Waals surface area contributed by atoms with Crippen molar-refractivity contribution in [2.75, 3.05) is 0 Å². The van der Waals surface area contributed by atoms with Gasteiger partial charge in [-0.25, -0.2) is 0 Å². The molecule has 0 amide bonds. The molecular weight excluding hydrogens is 268 g/mol. The number of carbonyl (C=O) groups is 1. The van der Waals surface area contributed by atoms with Crippen LogP contribution in [-0.2, 0) is 14.3 Å². The van der Waals surface area contributed by atoms with Gasteiger partial charge in [0.1, 0.15) is 5.75 Å².